The Morgan fingerprint density at radius 3 is 2.72 bits per heavy atom. The number of nitrogens with two attached hydrogens (primary N) is 1. The van der Waals surface area contributed by atoms with Gasteiger partial charge in [0.05, 0.1) is 5.69 Å². The lowest BCUT2D eigenvalue weighted by Gasteiger charge is -2.19. The minimum absolute atomic E-state index is 0.135. The third kappa shape index (κ3) is 3.32. The highest BCUT2D eigenvalue weighted by Crippen LogP contribution is 2.44. The molecule has 4 aromatic rings. The number of amides is 1. The zero-order valence-electron chi connectivity index (χ0n) is 15.9. The molecule has 4 nitrogen and oxygen atoms in total. The van der Waals surface area contributed by atoms with Crippen molar-refractivity contribution in [3.63, 3.8) is 0 Å². The number of hydrogen-bond donors (Lipinski definition) is 2. The number of aryl methyl sites for hydroxylation is 1. The topological polar surface area (TPSA) is 68.0 Å². The van der Waals surface area contributed by atoms with E-state index in [-0.39, 0.29) is 5.91 Å². The molecule has 6 heteroatoms. The van der Waals surface area contributed by atoms with Crippen molar-refractivity contribution in [1.82, 2.24) is 10.3 Å². The van der Waals surface area contributed by atoms with Gasteiger partial charge in [0.1, 0.15) is 9.71 Å². The maximum atomic E-state index is 12.9. The van der Waals surface area contributed by atoms with Crippen LogP contribution in [0.3, 0.4) is 0 Å². The molecule has 1 aliphatic carbocycles. The van der Waals surface area contributed by atoms with Crippen molar-refractivity contribution in [1.29, 1.82) is 0 Å². The number of nitrogens with one attached hydrogen (secondary N) is 1. The summed E-state index contributed by atoms with van der Waals surface area (Å²) in [6.45, 7) is 0.481. The van der Waals surface area contributed by atoms with Gasteiger partial charge < -0.3 is 11.1 Å². The quantitative estimate of drug-likeness (QED) is 0.464. The van der Waals surface area contributed by atoms with Crippen molar-refractivity contribution in [3.8, 4) is 10.4 Å². The van der Waals surface area contributed by atoms with E-state index in [0.717, 1.165) is 28.6 Å². The van der Waals surface area contributed by atoms with E-state index in [1.54, 1.807) is 11.3 Å². The van der Waals surface area contributed by atoms with Gasteiger partial charge in [-0.1, -0.05) is 36.4 Å². The van der Waals surface area contributed by atoms with Crippen molar-refractivity contribution in [2.75, 3.05) is 5.73 Å². The molecule has 1 aromatic carbocycles. The number of benzene rings is 1. The van der Waals surface area contributed by atoms with Gasteiger partial charge in [0.15, 0.2) is 0 Å². The minimum atomic E-state index is -0.135. The van der Waals surface area contributed by atoms with E-state index in [9.17, 15) is 4.79 Å². The van der Waals surface area contributed by atoms with Crippen LogP contribution in [0.15, 0.2) is 47.8 Å². The van der Waals surface area contributed by atoms with Gasteiger partial charge in [0.2, 0.25) is 0 Å². The van der Waals surface area contributed by atoms with E-state index in [2.05, 4.69) is 22.8 Å². The Bertz CT molecular complexity index is 1180. The zero-order valence-corrected chi connectivity index (χ0v) is 17.5. The molecule has 3 aromatic heterocycles. The second-order valence-corrected chi connectivity index (χ2v) is 9.24. The molecule has 0 spiro atoms. The molecule has 0 radical (unpaired) electrons. The van der Waals surface area contributed by atoms with Crippen LogP contribution in [0.5, 0.6) is 0 Å². The summed E-state index contributed by atoms with van der Waals surface area (Å²) in [6.07, 6.45) is 4.36. The molecule has 3 N–H and O–H groups in total. The predicted octanol–water partition coefficient (Wildman–Crippen LogP) is 5.42. The van der Waals surface area contributed by atoms with Crippen LogP contribution >= 0.6 is 22.7 Å². The largest absolute Gasteiger partial charge is 0.397 e. The van der Waals surface area contributed by atoms with E-state index in [1.807, 2.05) is 30.3 Å². The summed E-state index contributed by atoms with van der Waals surface area (Å²) in [5.41, 5.74) is 11.9. The summed E-state index contributed by atoms with van der Waals surface area (Å²) in [5.74, 6) is -0.135. The lowest BCUT2D eigenvalue weighted by molar-refractivity contribution is 0.0956. The van der Waals surface area contributed by atoms with E-state index >= 15 is 0 Å². The minimum Gasteiger partial charge on any atom is -0.397 e. The molecule has 0 atom stereocenters. The molecule has 3 heterocycles. The van der Waals surface area contributed by atoms with Gasteiger partial charge in [-0.15, -0.1) is 22.7 Å². The molecule has 0 saturated heterocycles. The number of carbonyl (C=O) groups is 1. The first-order valence-electron chi connectivity index (χ1n) is 9.82. The smallest absolute Gasteiger partial charge is 0.263 e. The Kier molecular flexibility index (Phi) is 4.81. The summed E-state index contributed by atoms with van der Waals surface area (Å²) >= 11 is 3.13. The first-order chi connectivity index (χ1) is 14.2. The average molecular weight is 420 g/mol. The molecule has 5 rings (SSSR count). The summed E-state index contributed by atoms with van der Waals surface area (Å²) in [6, 6.07) is 14.1. The Hall–Kier alpha value is -2.70. The van der Waals surface area contributed by atoms with Crippen molar-refractivity contribution in [2.24, 2.45) is 0 Å². The molecular formula is C23H21N3OS2. The van der Waals surface area contributed by atoms with Gasteiger partial charge in [0.25, 0.3) is 5.91 Å². The number of fused-ring (bicyclic) bond motifs is 2. The van der Waals surface area contributed by atoms with E-state index < -0.39 is 0 Å². The van der Waals surface area contributed by atoms with Crippen LogP contribution in [0.2, 0.25) is 0 Å². The fraction of sp³-hybridized carbons (Fsp3) is 0.217. The summed E-state index contributed by atoms with van der Waals surface area (Å²) in [5, 5.41) is 6.04. The number of hydrogen-bond acceptors (Lipinski definition) is 5. The molecule has 0 fully saturated rings. The van der Waals surface area contributed by atoms with Gasteiger partial charge in [-0.3, -0.25) is 4.79 Å². The molecule has 0 unspecified atom stereocenters. The number of pyridine rings is 1. The van der Waals surface area contributed by atoms with Gasteiger partial charge in [-0.25, -0.2) is 4.98 Å². The van der Waals surface area contributed by atoms with Crippen LogP contribution in [0.1, 0.15) is 39.3 Å². The fourth-order valence-electron chi connectivity index (χ4n) is 4.03. The Morgan fingerprint density at radius 2 is 1.93 bits per heavy atom. The lowest BCUT2D eigenvalue weighted by Crippen LogP contribution is -2.22. The third-order valence-corrected chi connectivity index (χ3v) is 7.41. The molecule has 1 amide bonds. The van der Waals surface area contributed by atoms with Gasteiger partial charge in [0, 0.05) is 28.1 Å². The van der Waals surface area contributed by atoms with E-state index in [1.165, 1.54) is 45.9 Å². The molecule has 0 saturated carbocycles. The molecule has 1 aliphatic rings. The zero-order chi connectivity index (χ0) is 19.8. The summed E-state index contributed by atoms with van der Waals surface area (Å²) < 4.78 is 0. The normalized spacial score (nSPS) is 13.4. The van der Waals surface area contributed by atoms with Crippen molar-refractivity contribution in [3.05, 3.63) is 69.5 Å². The number of nitrogen functional groups attached to an aromatic ring is 1. The average Bonchev–Trinajstić information content (AvgIpc) is 3.40. The highest BCUT2D eigenvalue weighted by Gasteiger charge is 2.26. The summed E-state index contributed by atoms with van der Waals surface area (Å²) in [4.78, 5) is 20.5. The van der Waals surface area contributed by atoms with Crippen molar-refractivity contribution < 1.29 is 4.79 Å². The number of carbonyl (C=O) groups excluding carboxylic acids is 1. The number of rotatable bonds is 4. The predicted molar refractivity (Wildman–Crippen MR) is 122 cm³/mol. The second-order valence-electron chi connectivity index (χ2n) is 7.29. The maximum Gasteiger partial charge on any atom is 0.263 e. The Balaban J connectivity index is 1.59. The first-order valence-corrected chi connectivity index (χ1v) is 11.5. The second kappa shape index (κ2) is 7.61. The lowest BCUT2D eigenvalue weighted by atomic mass is 9.90. The summed E-state index contributed by atoms with van der Waals surface area (Å²) in [7, 11) is 0. The van der Waals surface area contributed by atoms with E-state index in [0.29, 0.717) is 17.1 Å². The Morgan fingerprint density at radius 1 is 1.10 bits per heavy atom. The molecule has 0 bridgehead atoms. The van der Waals surface area contributed by atoms with Gasteiger partial charge in [-0.05, 0) is 48.3 Å². The SMILES string of the molecule is Nc1c(C(=O)NCc2ccccc2)sc2nc3c(c(-c4cccs4)c12)CCCC3. The standard InChI is InChI=1S/C23H21N3OS2/c24-20-19-18(17-11-6-12-28-17)15-9-4-5-10-16(15)26-23(19)29-21(20)22(27)25-13-14-7-2-1-3-8-14/h1-3,6-8,11-12H,4-5,9-10,13,24H2,(H,25,27). The molecular weight excluding hydrogens is 398 g/mol. The molecule has 29 heavy (non-hydrogen) atoms. The van der Waals surface area contributed by atoms with Gasteiger partial charge >= 0.3 is 0 Å². The van der Waals surface area contributed by atoms with Crippen molar-refractivity contribution >= 4 is 44.5 Å². The number of nitrogens with zero attached hydrogens (tertiary/aromatic N) is 1. The highest BCUT2D eigenvalue weighted by molar-refractivity contribution is 7.21. The van der Waals surface area contributed by atoms with Crippen LogP contribution in [-0.2, 0) is 19.4 Å². The van der Waals surface area contributed by atoms with Gasteiger partial charge in [-0.2, -0.15) is 0 Å². The van der Waals surface area contributed by atoms with E-state index in [4.69, 9.17) is 10.7 Å². The van der Waals surface area contributed by atoms with Crippen LogP contribution < -0.4 is 11.1 Å². The highest BCUT2D eigenvalue weighted by atomic mass is 32.1. The monoisotopic (exact) mass is 419 g/mol. The molecule has 0 aliphatic heterocycles. The number of anilines is 1. The maximum absolute atomic E-state index is 12.9. The third-order valence-electron chi connectivity index (χ3n) is 5.42. The fourth-order valence-corrected chi connectivity index (χ4v) is 5.87. The van der Waals surface area contributed by atoms with Crippen LogP contribution in [0, 0.1) is 0 Å². The van der Waals surface area contributed by atoms with Crippen LogP contribution in [-0.4, -0.2) is 10.9 Å². The van der Waals surface area contributed by atoms with Crippen LogP contribution in [0.4, 0.5) is 5.69 Å². The molecule has 146 valence electrons. The first kappa shape index (κ1) is 18.3. The number of thiophene rings is 2. The Labute approximate surface area is 177 Å². The van der Waals surface area contributed by atoms with Crippen molar-refractivity contribution in [2.45, 2.75) is 32.2 Å². The number of aromatic nitrogens is 1. The van der Waals surface area contributed by atoms with Crippen LogP contribution in [0.25, 0.3) is 20.7 Å².